The summed E-state index contributed by atoms with van der Waals surface area (Å²) in [5, 5.41) is 14.9. The van der Waals surface area contributed by atoms with E-state index in [1.807, 2.05) is 0 Å². The van der Waals surface area contributed by atoms with Gasteiger partial charge in [-0.15, -0.1) is 24.0 Å². The minimum Gasteiger partial charge on any atom is -0.446 e. The number of aliphatic hydroxyl groups is 1. The van der Waals surface area contributed by atoms with E-state index < -0.39 is 0 Å². The zero-order valence-corrected chi connectivity index (χ0v) is 27.9. The second kappa shape index (κ2) is 14.7. The third-order valence-electron chi connectivity index (χ3n) is 11.6. The Balaban J connectivity index is 0.00000420. The van der Waals surface area contributed by atoms with Gasteiger partial charge < -0.3 is 20.5 Å². The van der Waals surface area contributed by atoms with E-state index in [1.165, 1.54) is 51.4 Å². The Hall–Kier alpha value is -0.340. The highest BCUT2D eigenvalue weighted by Crippen LogP contribution is 2.67. The van der Waals surface area contributed by atoms with E-state index in [0.29, 0.717) is 23.9 Å². The van der Waals surface area contributed by atoms with Gasteiger partial charge in [0, 0.05) is 19.5 Å². The Bertz CT molecular complexity index is 819. The number of halogens is 1. The van der Waals surface area contributed by atoms with Gasteiger partial charge in [0.2, 0.25) is 0 Å². The topological polar surface area (TPSA) is 70.6 Å². The van der Waals surface area contributed by atoms with Crippen molar-refractivity contribution in [3.8, 4) is 0 Å². The molecule has 8 atom stereocenters. The van der Waals surface area contributed by atoms with Crippen LogP contribution in [-0.4, -0.2) is 43.5 Å². The van der Waals surface area contributed by atoms with Gasteiger partial charge in [0.25, 0.3) is 0 Å². The maximum absolute atomic E-state index is 12.4. The highest BCUT2D eigenvalue weighted by atomic mass is 127. The van der Waals surface area contributed by atoms with Gasteiger partial charge in [0.15, 0.2) is 0 Å². The second-order valence-corrected chi connectivity index (χ2v) is 14.3. The quantitative estimate of drug-likeness (QED) is 0.114. The van der Waals surface area contributed by atoms with E-state index >= 15 is 0 Å². The van der Waals surface area contributed by atoms with Crippen LogP contribution in [0.5, 0.6) is 0 Å². The van der Waals surface area contributed by atoms with Crippen LogP contribution in [-0.2, 0) is 4.74 Å². The molecular weight excluding hydrogens is 599 g/mol. The highest BCUT2D eigenvalue weighted by molar-refractivity contribution is 14.0. The number of hydrogen-bond acceptors (Lipinski definition) is 4. The molecule has 0 aliphatic heterocycles. The third-order valence-corrected chi connectivity index (χ3v) is 11.6. The molecule has 6 heteroatoms. The van der Waals surface area contributed by atoms with Crippen LogP contribution in [0.25, 0.3) is 0 Å². The minimum absolute atomic E-state index is 0. The molecule has 0 aromatic heterocycles. The molecule has 4 rings (SSSR count). The maximum atomic E-state index is 12.4. The molecule has 0 spiro atoms. The summed E-state index contributed by atoms with van der Waals surface area (Å²) in [5.74, 6) is 5.13. The van der Waals surface area contributed by atoms with Crippen molar-refractivity contribution < 1.29 is 14.6 Å². The minimum atomic E-state index is -0.275. The van der Waals surface area contributed by atoms with Crippen molar-refractivity contribution in [3.63, 3.8) is 0 Å². The van der Waals surface area contributed by atoms with Crippen LogP contribution in [0.4, 0.5) is 4.79 Å². The van der Waals surface area contributed by atoms with Crippen LogP contribution >= 0.6 is 24.0 Å². The predicted molar refractivity (Wildman–Crippen MR) is 171 cm³/mol. The zero-order valence-electron chi connectivity index (χ0n) is 25.6. The van der Waals surface area contributed by atoms with Gasteiger partial charge in [-0.25, -0.2) is 4.79 Å². The number of nitrogens with one attached hydrogen (secondary N) is 2. The van der Waals surface area contributed by atoms with Crippen molar-refractivity contribution in [1.29, 1.82) is 0 Å². The summed E-state index contributed by atoms with van der Waals surface area (Å²) in [4.78, 5) is 12.4. The molecule has 3 fully saturated rings. The Morgan fingerprint density at radius 3 is 2.56 bits per heavy atom. The summed E-state index contributed by atoms with van der Waals surface area (Å²) in [6.45, 7) is 14.7. The van der Waals surface area contributed by atoms with E-state index in [9.17, 15) is 4.79 Å². The number of carbonyl (C=O) groups is 1. The maximum Gasteiger partial charge on any atom is 0.407 e. The molecular formula is C33H59IN2O3. The lowest BCUT2D eigenvalue weighted by Gasteiger charge is -2.58. The van der Waals surface area contributed by atoms with Gasteiger partial charge in [-0.05, 0) is 104 Å². The summed E-state index contributed by atoms with van der Waals surface area (Å²) in [7, 11) is 0. The summed E-state index contributed by atoms with van der Waals surface area (Å²) < 4.78 is 5.87. The molecule has 0 unspecified atom stereocenters. The number of ether oxygens (including phenoxy) is 1. The molecule has 0 aromatic carbocycles. The Morgan fingerprint density at radius 2 is 1.82 bits per heavy atom. The van der Waals surface area contributed by atoms with E-state index in [2.05, 4.69) is 51.3 Å². The number of amides is 1. The Kier molecular flexibility index (Phi) is 12.5. The first-order valence-electron chi connectivity index (χ1n) is 16.1. The van der Waals surface area contributed by atoms with Crippen molar-refractivity contribution in [1.82, 2.24) is 10.6 Å². The number of alkyl carbamates (subject to hydrolysis) is 1. The van der Waals surface area contributed by atoms with Gasteiger partial charge in [-0.2, -0.15) is 0 Å². The lowest BCUT2D eigenvalue weighted by molar-refractivity contribution is -0.0581. The molecule has 4 aliphatic carbocycles. The molecule has 39 heavy (non-hydrogen) atoms. The first-order valence-corrected chi connectivity index (χ1v) is 16.1. The van der Waals surface area contributed by atoms with Crippen LogP contribution in [0.15, 0.2) is 11.6 Å². The first kappa shape index (κ1) is 33.2. The van der Waals surface area contributed by atoms with Crippen LogP contribution in [0.1, 0.15) is 112 Å². The van der Waals surface area contributed by atoms with Crippen molar-refractivity contribution >= 4 is 30.1 Å². The van der Waals surface area contributed by atoms with Crippen molar-refractivity contribution in [2.75, 3.05) is 26.2 Å². The van der Waals surface area contributed by atoms with Crippen LogP contribution in [0.2, 0.25) is 0 Å². The molecule has 3 saturated carbocycles. The molecule has 0 saturated heterocycles. The average molecular weight is 659 g/mol. The van der Waals surface area contributed by atoms with Crippen LogP contribution in [0.3, 0.4) is 0 Å². The van der Waals surface area contributed by atoms with Gasteiger partial charge in [-0.1, -0.05) is 65.5 Å². The molecule has 0 aromatic rings. The number of rotatable bonds is 12. The zero-order chi connectivity index (χ0) is 27.3. The van der Waals surface area contributed by atoms with Crippen LogP contribution < -0.4 is 10.6 Å². The molecule has 226 valence electrons. The molecule has 0 heterocycles. The number of carbonyl (C=O) groups excluding carboxylic acids is 1. The fourth-order valence-electron chi connectivity index (χ4n) is 9.55. The molecule has 0 bridgehead atoms. The van der Waals surface area contributed by atoms with E-state index in [-0.39, 0.29) is 42.8 Å². The van der Waals surface area contributed by atoms with E-state index in [1.54, 1.807) is 5.57 Å². The molecule has 0 radical (unpaired) electrons. The number of hydrogen-bond donors (Lipinski definition) is 3. The van der Waals surface area contributed by atoms with Crippen LogP contribution in [0, 0.1) is 46.3 Å². The smallest absolute Gasteiger partial charge is 0.407 e. The van der Waals surface area contributed by atoms with Gasteiger partial charge in [0.05, 0.1) is 6.61 Å². The summed E-state index contributed by atoms with van der Waals surface area (Å²) in [5.41, 5.74) is 2.41. The Labute approximate surface area is 256 Å². The monoisotopic (exact) mass is 658 g/mol. The largest absolute Gasteiger partial charge is 0.446 e. The van der Waals surface area contributed by atoms with Crippen molar-refractivity contribution in [2.45, 2.75) is 118 Å². The normalized spacial score (nSPS) is 36.2. The summed E-state index contributed by atoms with van der Waals surface area (Å²) >= 11 is 0. The van der Waals surface area contributed by atoms with Crippen molar-refractivity contribution in [2.24, 2.45) is 46.3 Å². The lowest BCUT2D eigenvalue weighted by atomic mass is 9.47. The predicted octanol–water partition coefficient (Wildman–Crippen LogP) is 7.71. The highest BCUT2D eigenvalue weighted by Gasteiger charge is 2.59. The fourth-order valence-corrected chi connectivity index (χ4v) is 9.55. The van der Waals surface area contributed by atoms with Gasteiger partial charge >= 0.3 is 6.09 Å². The number of allylic oxidation sites excluding steroid dienone is 1. The lowest BCUT2D eigenvalue weighted by Crippen LogP contribution is -2.51. The molecule has 4 aliphatic rings. The average Bonchev–Trinajstić information content (AvgIpc) is 3.23. The van der Waals surface area contributed by atoms with E-state index in [0.717, 1.165) is 67.7 Å². The second-order valence-electron chi connectivity index (χ2n) is 14.3. The van der Waals surface area contributed by atoms with Gasteiger partial charge in [-0.3, -0.25) is 0 Å². The van der Waals surface area contributed by atoms with Crippen molar-refractivity contribution in [3.05, 3.63) is 11.6 Å². The first-order chi connectivity index (χ1) is 18.2. The molecule has 5 nitrogen and oxygen atoms in total. The van der Waals surface area contributed by atoms with E-state index in [4.69, 9.17) is 9.84 Å². The molecule has 3 N–H and O–H groups in total. The standard InChI is InChI=1S/C33H58N2O3.HI/c1-23(2)8-6-9-24(3)28-12-13-29-27-11-10-25-22-26(38-31(37)35-19-7-18-34-20-21-36)14-16-32(25,4)30(27)15-17-33(28,29)5;/h10,23-24,26-30,34,36H,6-9,11-22H2,1-5H3,(H,35,37);1H/t24-,26+,27+,28-,29+,30+,32+,33-;/m1./s1. The fraction of sp³-hybridized carbons (Fsp3) is 0.909. The number of fused-ring (bicyclic) bond motifs is 5. The SMILES string of the molecule is CC(C)CCC[C@@H](C)[C@H]1CC[C@H]2[C@@H]3CC=C4C[C@@H](OC(=O)NCCCNCCO)CC[C@]4(C)[C@H]3CC[C@]12C.I. The third kappa shape index (κ3) is 7.55. The number of aliphatic hydroxyl groups excluding tert-OH is 1. The summed E-state index contributed by atoms with van der Waals surface area (Å²) in [6.07, 6.45) is 17.3. The van der Waals surface area contributed by atoms with Gasteiger partial charge in [0.1, 0.15) is 6.10 Å². The molecule has 1 amide bonds. The Morgan fingerprint density at radius 1 is 1.03 bits per heavy atom. The summed E-state index contributed by atoms with van der Waals surface area (Å²) in [6, 6.07) is 0.